The smallest absolute Gasteiger partial charge is 0.241 e. The number of benzene rings is 1. The summed E-state index contributed by atoms with van der Waals surface area (Å²) in [6.07, 6.45) is 0. The predicted molar refractivity (Wildman–Crippen MR) is 53.7 cm³/mol. The number of nitrogens with one attached hydrogen (secondary N) is 1. The van der Waals surface area contributed by atoms with Crippen LogP contribution in [-0.4, -0.2) is 11.9 Å². The number of nitrogens with two attached hydrogens (primary N) is 1. The summed E-state index contributed by atoms with van der Waals surface area (Å²) in [7, 11) is 0. The summed E-state index contributed by atoms with van der Waals surface area (Å²) in [6.45, 7) is 1.53. The highest BCUT2D eigenvalue weighted by Gasteiger charge is 2.10. The van der Waals surface area contributed by atoms with Crippen LogP contribution in [0.2, 0.25) is 5.02 Å². The molecule has 5 heteroatoms. The van der Waals surface area contributed by atoms with E-state index in [1.807, 2.05) is 0 Å². The SMILES string of the molecule is CC(N)C(=O)Nc1cc(F)ccc1Cl. The zero-order valence-electron chi connectivity index (χ0n) is 7.55. The molecule has 0 saturated carbocycles. The molecule has 1 aromatic carbocycles. The van der Waals surface area contributed by atoms with Crippen LogP contribution in [0.5, 0.6) is 0 Å². The third-order valence-corrected chi connectivity index (χ3v) is 1.93. The Hall–Kier alpha value is -1.13. The maximum Gasteiger partial charge on any atom is 0.241 e. The largest absolute Gasteiger partial charge is 0.323 e. The summed E-state index contributed by atoms with van der Waals surface area (Å²) in [4.78, 5) is 11.2. The van der Waals surface area contributed by atoms with Crippen molar-refractivity contribution in [2.45, 2.75) is 13.0 Å². The Bertz CT molecular complexity index is 355. The van der Waals surface area contributed by atoms with E-state index in [4.69, 9.17) is 17.3 Å². The van der Waals surface area contributed by atoms with Crippen LogP contribution in [0.1, 0.15) is 6.92 Å². The molecule has 0 radical (unpaired) electrons. The molecule has 0 aliphatic carbocycles. The van der Waals surface area contributed by atoms with E-state index in [0.29, 0.717) is 0 Å². The molecule has 1 rings (SSSR count). The Labute approximate surface area is 86.0 Å². The van der Waals surface area contributed by atoms with Crippen LogP contribution in [0, 0.1) is 5.82 Å². The van der Waals surface area contributed by atoms with E-state index in [9.17, 15) is 9.18 Å². The number of halogens is 2. The molecule has 0 spiro atoms. The molecular formula is C9H10ClFN2O. The van der Waals surface area contributed by atoms with Gasteiger partial charge in [-0.05, 0) is 25.1 Å². The molecule has 0 saturated heterocycles. The highest BCUT2D eigenvalue weighted by Crippen LogP contribution is 2.22. The van der Waals surface area contributed by atoms with Crippen molar-refractivity contribution in [3.05, 3.63) is 29.0 Å². The van der Waals surface area contributed by atoms with Crippen molar-refractivity contribution >= 4 is 23.2 Å². The Morgan fingerprint density at radius 3 is 2.86 bits per heavy atom. The first kappa shape index (κ1) is 10.9. The zero-order chi connectivity index (χ0) is 10.7. The van der Waals surface area contributed by atoms with Gasteiger partial charge in [-0.1, -0.05) is 11.6 Å². The first-order valence-electron chi connectivity index (χ1n) is 4.02. The standard InChI is InChI=1S/C9H10ClFN2O/c1-5(12)9(14)13-8-4-6(11)2-3-7(8)10/h2-5H,12H2,1H3,(H,13,14). The third-order valence-electron chi connectivity index (χ3n) is 1.60. The van der Waals surface area contributed by atoms with Gasteiger partial charge in [-0.2, -0.15) is 0 Å². The van der Waals surface area contributed by atoms with Gasteiger partial charge in [-0.15, -0.1) is 0 Å². The van der Waals surface area contributed by atoms with Crippen LogP contribution < -0.4 is 11.1 Å². The fourth-order valence-electron chi connectivity index (χ4n) is 0.840. The molecule has 0 fully saturated rings. The van der Waals surface area contributed by atoms with Crippen LogP contribution in [0.15, 0.2) is 18.2 Å². The lowest BCUT2D eigenvalue weighted by atomic mass is 10.2. The lowest BCUT2D eigenvalue weighted by molar-refractivity contribution is -0.117. The molecule has 1 atom stereocenters. The Balaban J connectivity index is 2.86. The topological polar surface area (TPSA) is 55.1 Å². The number of carbonyl (C=O) groups excluding carboxylic acids is 1. The van der Waals surface area contributed by atoms with Gasteiger partial charge in [0.25, 0.3) is 0 Å². The van der Waals surface area contributed by atoms with Crippen molar-refractivity contribution in [3.63, 3.8) is 0 Å². The van der Waals surface area contributed by atoms with Gasteiger partial charge in [0.2, 0.25) is 5.91 Å². The van der Waals surface area contributed by atoms with Gasteiger partial charge in [0.05, 0.1) is 16.8 Å². The summed E-state index contributed by atoms with van der Waals surface area (Å²) in [5, 5.41) is 2.69. The Morgan fingerprint density at radius 2 is 2.29 bits per heavy atom. The quantitative estimate of drug-likeness (QED) is 0.792. The maximum atomic E-state index is 12.8. The highest BCUT2D eigenvalue weighted by atomic mass is 35.5. The van der Waals surface area contributed by atoms with E-state index in [1.54, 1.807) is 0 Å². The summed E-state index contributed by atoms with van der Waals surface area (Å²) in [5.41, 5.74) is 5.55. The Morgan fingerprint density at radius 1 is 1.64 bits per heavy atom. The number of hydrogen-bond donors (Lipinski definition) is 2. The van der Waals surface area contributed by atoms with Gasteiger partial charge in [-0.25, -0.2) is 4.39 Å². The van der Waals surface area contributed by atoms with Crippen LogP contribution in [0.4, 0.5) is 10.1 Å². The molecule has 0 aliphatic heterocycles. The minimum Gasteiger partial charge on any atom is -0.323 e. The van der Waals surface area contributed by atoms with E-state index in [-0.39, 0.29) is 10.7 Å². The number of rotatable bonds is 2. The van der Waals surface area contributed by atoms with Crippen LogP contribution in [0.25, 0.3) is 0 Å². The van der Waals surface area contributed by atoms with Crippen LogP contribution >= 0.6 is 11.6 Å². The molecule has 0 aromatic heterocycles. The van der Waals surface area contributed by atoms with E-state index >= 15 is 0 Å². The lowest BCUT2D eigenvalue weighted by Gasteiger charge is -2.08. The Kier molecular flexibility index (Phi) is 3.43. The molecule has 0 heterocycles. The first-order chi connectivity index (χ1) is 6.50. The second-order valence-corrected chi connectivity index (χ2v) is 3.31. The van der Waals surface area contributed by atoms with Crippen LogP contribution in [-0.2, 0) is 4.79 Å². The van der Waals surface area contributed by atoms with Crippen molar-refractivity contribution in [2.75, 3.05) is 5.32 Å². The van der Waals surface area contributed by atoms with Gasteiger partial charge in [0.15, 0.2) is 0 Å². The fourth-order valence-corrected chi connectivity index (χ4v) is 1.00. The summed E-state index contributed by atoms with van der Waals surface area (Å²) in [6, 6.07) is 3.06. The average molecular weight is 217 g/mol. The normalized spacial score (nSPS) is 12.3. The molecule has 0 bridgehead atoms. The molecule has 76 valence electrons. The number of carbonyl (C=O) groups is 1. The zero-order valence-corrected chi connectivity index (χ0v) is 8.31. The van der Waals surface area contributed by atoms with Crippen LogP contribution in [0.3, 0.4) is 0 Å². The summed E-state index contributed by atoms with van der Waals surface area (Å²) in [5.74, 6) is -0.869. The van der Waals surface area contributed by atoms with Crippen molar-refractivity contribution in [2.24, 2.45) is 5.73 Å². The van der Waals surface area contributed by atoms with E-state index in [1.165, 1.54) is 19.1 Å². The fraction of sp³-hybridized carbons (Fsp3) is 0.222. The monoisotopic (exact) mass is 216 g/mol. The van der Waals surface area contributed by atoms with Gasteiger partial charge in [0, 0.05) is 0 Å². The minimum absolute atomic E-state index is 0.231. The average Bonchev–Trinajstić information content (AvgIpc) is 2.11. The second kappa shape index (κ2) is 4.39. The van der Waals surface area contributed by atoms with E-state index in [0.717, 1.165) is 6.07 Å². The van der Waals surface area contributed by atoms with E-state index < -0.39 is 17.8 Å². The van der Waals surface area contributed by atoms with Crippen molar-refractivity contribution in [1.29, 1.82) is 0 Å². The minimum atomic E-state index is -0.658. The molecule has 14 heavy (non-hydrogen) atoms. The molecule has 3 N–H and O–H groups in total. The lowest BCUT2D eigenvalue weighted by Crippen LogP contribution is -2.32. The maximum absolute atomic E-state index is 12.8. The number of anilines is 1. The molecule has 0 aliphatic rings. The number of amides is 1. The molecule has 1 amide bonds. The van der Waals surface area contributed by atoms with Crippen molar-refractivity contribution in [3.8, 4) is 0 Å². The van der Waals surface area contributed by atoms with Gasteiger partial charge < -0.3 is 11.1 Å². The van der Waals surface area contributed by atoms with Crippen molar-refractivity contribution in [1.82, 2.24) is 0 Å². The predicted octanol–water partition coefficient (Wildman–Crippen LogP) is 1.76. The van der Waals surface area contributed by atoms with Gasteiger partial charge >= 0.3 is 0 Å². The first-order valence-corrected chi connectivity index (χ1v) is 4.40. The molecule has 3 nitrogen and oxygen atoms in total. The van der Waals surface area contributed by atoms with E-state index in [2.05, 4.69) is 5.32 Å². The molecule has 1 aromatic rings. The molecular weight excluding hydrogens is 207 g/mol. The number of hydrogen-bond acceptors (Lipinski definition) is 2. The van der Waals surface area contributed by atoms with Gasteiger partial charge in [0.1, 0.15) is 5.82 Å². The highest BCUT2D eigenvalue weighted by molar-refractivity contribution is 6.33. The summed E-state index contributed by atoms with van der Waals surface area (Å²) < 4.78 is 12.8. The third kappa shape index (κ3) is 2.68. The second-order valence-electron chi connectivity index (χ2n) is 2.90. The van der Waals surface area contributed by atoms with Gasteiger partial charge in [-0.3, -0.25) is 4.79 Å². The van der Waals surface area contributed by atoms with Crippen molar-refractivity contribution < 1.29 is 9.18 Å². The summed E-state index contributed by atoms with van der Waals surface area (Å²) >= 11 is 5.72. The molecule has 1 unspecified atom stereocenters.